The van der Waals surface area contributed by atoms with E-state index in [0.29, 0.717) is 12.0 Å². The van der Waals surface area contributed by atoms with Crippen molar-refractivity contribution < 1.29 is 5.11 Å². The molecule has 2 N–H and O–H groups in total. The third-order valence-corrected chi connectivity index (χ3v) is 3.53. The number of rotatable bonds is 4. The summed E-state index contributed by atoms with van der Waals surface area (Å²) in [5.41, 5.74) is 1.29. The van der Waals surface area contributed by atoms with Crippen molar-refractivity contribution in [2.45, 2.75) is 25.9 Å². The maximum Gasteiger partial charge on any atom is 0.0446 e. The molecule has 0 saturated carbocycles. The summed E-state index contributed by atoms with van der Waals surface area (Å²) in [6.45, 7) is 6.59. The van der Waals surface area contributed by atoms with Gasteiger partial charge in [0, 0.05) is 44.7 Å². The minimum Gasteiger partial charge on any atom is -0.396 e. The van der Waals surface area contributed by atoms with Gasteiger partial charge in [-0.3, -0.25) is 9.88 Å². The van der Waals surface area contributed by atoms with Crippen LogP contribution in [0.4, 0.5) is 0 Å². The average Bonchev–Trinajstić information content (AvgIpc) is 2.54. The topological polar surface area (TPSA) is 48.4 Å². The van der Waals surface area contributed by atoms with Crippen LogP contribution in [0.1, 0.15) is 18.9 Å². The van der Waals surface area contributed by atoms with Crippen molar-refractivity contribution in [1.29, 1.82) is 0 Å². The van der Waals surface area contributed by atoms with Gasteiger partial charge in [0.2, 0.25) is 0 Å². The van der Waals surface area contributed by atoms with Crippen LogP contribution in [-0.2, 0) is 6.54 Å². The number of hydrogen-bond acceptors (Lipinski definition) is 4. The summed E-state index contributed by atoms with van der Waals surface area (Å²) in [7, 11) is 0. The molecule has 18 heavy (non-hydrogen) atoms. The quantitative estimate of drug-likeness (QED) is 0.831. The van der Waals surface area contributed by atoms with Crippen molar-refractivity contribution in [3.8, 4) is 0 Å². The Balaban J connectivity index is 2.04. The lowest BCUT2D eigenvalue weighted by Gasteiger charge is -2.30. The summed E-state index contributed by atoms with van der Waals surface area (Å²) in [6.07, 6.45) is 4.52. The average molecular weight is 249 g/mol. The first-order valence-corrected chi connectivity index (χ1v) is 6.74. The molecule has 4 heteroatoms. The predicted octanol–water partition coefficient (Wildman–Crippen LogP) is 0.874. The first-order chi connectivity index (χ1) is 8.79. The third-order valence-electron chi connectivity index (χ3n) is 3.53. The zero-order valence-electron chi connectivity index (χ0n) is 11.0. The van der Waals surface area contributed by atoms with Gasteiger partial charge in [0.1, 0.15) is 0 Å². The van der Waals surface area contributed by atoms with Gasteiger partial charge in [-0.1, -0.05) is 6.92 Å². The Hall–Kier alpha value is -0.970. The lowest BCUT2D eigenvalue weighted by atomic mass is 10.1. The van der Waals surface area contributed by atoms with E-state index in [0.717, 1.165) is 32.6 Å². The van der Waals surface area contributed by atoms with Crippen LogP contribution in [0.25, 0.3) is 0 Å². The van der Waals surface area contributed by atoms with E-state index in [1.165, 1.54) is 5.56 Å². The smallest absolute Gasteiger partial charge is 0.0446 e. The van der Waals surface area contributed by atoms with E-state index in [9.17, 15) is 5.11 Å². The van der Waals surface area contributed by atoms with Crippen molar-refractivity contribution in [1.82, 2.24) is 15.2 Å². The van der Waals surface area contributed by atoms with E-state index in [-0.39, 0.29) is 6.61 Å². The normalized spacial score (nSPS) is 25.9. The van der Waals surface area contributed by atoms with E-state index in [1.807, 2.05) is 12.4 Å². The number of aromatic nitrogens is 1. The maximum atomic E-state index is 9.20. The molecule has 0 bridgehead atoms. The molecule has 1 aliphatic heterocycles. The van der Waals surface area contributed by atoms with Gasteiger partial charge in [-0.2, -0.15) is 0 Å². The standard InChI is InChI=1S/C14H23N3O/c1-12-8-16-9-14(4-7-18)17(10-12)11-13-2-5-15-6-3-13/h2-3,5-6,12,14,16,18H,4,7-11H2,1H3. The number of aliphatic hydroxyl groups is 1. The van der Waals surface area contributed by atoms with Gasteiger partial charge >= 0.3 is 0 Å². The van der Waals surface area contributed by atoms with Crippen molar-refractivity contribution in [3.63, 3.8) is 0 Å². The molecule has 2 rings (SSSR count). The third kappa shape index (κ3) is 3.77. The molecule has 1 saturated heterocycles. The number of nitrogens with one attached hydrogen (secondary N) is 1. The molecule has 0 spiro atoms. The highest BCUT2D eigenvalue weighted by atomic mass is 16.3. The fourth-order valence-electron chi connectivity index (χ4n) is 2.59. The van der Waals surface area contributed by atoms with Gasteiger partial charge in [-0.15, -0.1) is 0 Å². The van der Waals surface area contributed by atoms with Gasteiger partial charge in [0.15, 0.2) is 0 Å². The summed E-state index contributed by atoms with van der Waals surface area (Å²) < 4.78 is 0. The van der Waals surface area contributed by atoms with E-state index in [1.54, 1.807) is 0 Å². The molecule has 0 aliphatic carbocycles. The predicted molar refractivity (Wildman–Crippen MR) is 72.2 cm³/mol. The molecule has 0 amide bonds. The van der Waals surface area contributed by atoms with Gasteiger partial charge in [-0.05, 0) is 36.6 Å². The summed E-state index contributed by atoms with van der Waals surface area (Å²) in [5, 5.41) is 12.7. The van der Waals surface area contributed by atoms with Crippen molar-refractivity contribution in [2.75, 3.05) is 26.2 Å². The van der Waals surface area contributed by atoms with Crippen molar-refractivity contribution >= 4 is 0 Å². The first kappa shape index (κ1) is 13.5. The van der Waals surface area contributed by atoms with Crippen molar-refractivity contribution in [3.05, 3.63) is 30.1 Å². The highest BCUT2D eigenvalue weighted by Gasteiger charge is 2.23. The second-order valence-corrected chi connectivity index (χ2v) is 5.21. The Bertz CT molecular complexity index is 344. The highest BCUT2D eigenvalue weighted by Crippen LogP contribution is 2.15. The molecule has 1 aromatic heterocycles. The lowest BCUT2D eigenvalue weighted by Crippen LogP contribution is -2.40. The van der Waals surface area contributed by atoms with Crippen LogP contribution in [0, 0.1) is 5.92 Å². The SMILES string of the molecule is CC1CNCC(CCO)N(Cc2ccncc2)C1. The van der Waals surface area contributed by atoms with Crippen LogP contribution >= 0.6 is 0 Å². The van der Waals surface area contributed by atoms with Crippen LogP contribution in [0.5, 0.6) is 0 Å². The van der Waals surface area contributed by atoms with Gasteiger partial charge in [0.05, 0.1) is 0 Å². The first-order valence-electron chi connectivity index (χ1n) is 6.74. The molecule has 1 aromatic rings. The zero-order chi connectivity index (χ0) is 12.8. The zero-order valence-corrected chi connectivity index (χ0v) is 11.0. The second-order valence-electron chi connectivity index (χ2n) is 5.21. The Morgan fingerprint density at radius 1 is 1.39 bits per heavy atom. The van der Waals surface area contributed by atoms with Crippen molar-refractivity contribution in [2.24, 2.45) is 5.92 Å². The molecule has 1 aliphatic rings. The van der Waals surface area contributed by atoms with Gasteiger partial charge in [0.25, 0.3) is 0 Å². The fraction of sp³-hybridized carbons (Fsp3) is 0.643. The van der Waals surface area contributed by atoms with Gasteiger partial charge < -0.3 is 10.4 Å². The summed E-state index contributed by atoms with van der Waals surface area (Å²) in [4.78, 5) is 6.54. The number of nitrogens with zero attached hydrogens (tertiary/aromatic N) is 2. The van der Waals surface area contributed by atoms with E-state index in [4.69, 9.17) is 0 Å². The second kappa shape index (κ2) is 6.83. The molecule has 2 atom stereocenters. The minimum absolute atomic E-state index is 0.258. The summed E-state index contributed by atoms with van der Waals surface area (Å²) in [6, 6.07) is 4.56. The Morgan fingerprint density at radius 3 is 2.89 bits per heavy atom. The number of aliphatic hydroxyl groups excluding tert-OH is 1. The Labute approximate surface area is 109 Å². The maximum absolute atomic E-state index is 9.20. The molecule has 100 valence electrons. The van der Waals surface area contributed by atoms with Crippen LogP contribution in [-0.4, -0.2) is 47.3 Å². The van der Waals surface area contributed by atoms with Crippen LogP contribution in [0.15, 0.2) is 24.5 Å². The van der Waals surface area contributed by atoms with Crippen LogP contribution < -0.4 is 5.32 Å². The Morgan fingerprint density at radius 2 is 2.17 bits per heavy atom. The van der Waals surface area contributed by atoms with E-state index >= 15 is 0 Å². The molecular weight excluding hydrogens is 226 g/mol. The fourth-order valence-corrected chi connectivity index (χ4v) is 2.59. The molecule has 0 radical (unpaired) electrons. The molecular formula is C14H23N3O. The van der Waals surface area contributed by atoms with E-state index < -0.39 is 0 Å². The lowest BCUT2D eigenvalue weighted by molar-refractivity contribution is 0.149. The monoisotopic (exact) mass is 249 g/mol. The molecule has 2 heterocycles. The van der Waals surface area contributed by atoms with E-state index in [2.05, 4.69) is 34.3 Å². The largest absolute Gasteiger partial charge is 0.396 e. The highest BCUT2D eigenvalue weighted by molar-refractivity contribution is 5.09. The molecule has 0 aromatic carbocycles. The molecule has 2 unspecified atom stereocenters. The summed E-state index contributed by atoms with van der Waals surface area (Å²) >= 11 is 0. The number of hydrogen-bond donors (Lipinski definition) is 2. The molecule has 4 nitrogen and oxygen atoms in total. The summed E-state index contributed by atoms with van der Waals surface area (Å²) in [5.74, 6) is 0.649. The number of pyridine rings is 1. The van der Waals surface area contributed by atoms with Crippen LogP contribution in [0.2, 0.25) is 0 Å². The van der Waals surface area contributed by atoms with Crippen LogP contribution in [0.3, 0.4) is 0 Å². The Kier molecular flexibility index (Phi) is 5.11. The minimum atomic E-state index is 0.258. The van der Waals surface area contributed by atoms with Gasteiger partial charge in [-0.25, -0.2) is 0 Å². The molecule has 1 fully saturated rings.